The molecule has 0 aromatic rings. The highest BCUT2D eigenvalue weighted by molar-refractivity contribution is 5.69. The first kappa shape index (κ1) is 16.0. The Bertz CT molecular complexity index is 359. The first-order valence-corrected chi connectivity index (χ1v) is 5.87. The molecule has 1 N–H and O–H groups in total. The number of ether oxygens (including phenoxy) is 1. The van der Waals surface area contributed by atoms with Crippen LogP contribution in [0.2, 0.25) is 0 Å². The van der Waals surface area contributed by atoms with Gasteiger partial charge in [0.05, 0.1) is 6.07 Å². The number of unbranched alkanes of at least 4 members (excludes halogenated alkanes) is 3. The Hall–Kier alpha value is -2.01. The predicted octanol–water partition coefficient (Wildman–Crippen LogP) is 1.87. The molecule has 0 unspecified atom stereocenters. The molecular weight excluding hydrogens is 234 g/mol. The average Bonchev–Trinajstić information content (AvgIpc) is 2.33. The van der Waals surface area contributed by atoms with E-state index in [-0.39, 0.29) is 19.0 Å². The van der Waals surface area contributed by atoms with Crippen molar-refractivity contribution in [1.29, 1.82) is 5.26 Å². The van der Waals surface area contributed by atoms with E-state index < -0.39 is 5.97 Å². The number of carbonyl (C=O) groups excluding carboxylic acids is 1. The lowest BCUT2D eigenvalue weighted by Crippen LogP contribution is -2.04. The summed E-state index contributed by atoms with van der Waals surface area (Å²) in [5.74, 6) is 4.23. The van der Waals surface area contributed by atoms with E-state index in [9.17, 15) is 9.59 Å². The molecule has 0 aromatic heterocycles. The van der Waals surface area contributed by atoms with Gasteiger partial charge in [-0.25, -0.2) is 0 Å². The number of hydrogen-bond donors (Lipinski definition) is 1. The summed E-state index contributed by atoms with van der Waals surface area (Å²) >= 11 is 0. The third-order valence-electron chi connectivity index (χ3n) is 2.06. The molecule has 0 bridgehead atoms. The quantitative estimate of drug-likeness (QED) is 0.404. The zero-order chi connectivity index (χ0) is 13.6. The van der Waals surface area contributed by atoms with Crippen molar-refractivity contribution in [3.8, 4) is 17.9 Å². The van der Waals surface area contributed by atoms with Crippen LogP contribution in [-0.2, 0) is 14.3 Å². The van der Waals surface area contributed by atoms with Crippen LogP contribution in [0.5, 0.6) is 0 Å². The number of rotatable bonds is 8. The van der Waals surface area contributed by atoms with Gasteiger partial charge in [-0.15, -0.1) is 0 Å². The summed E-state index contributed by atoms with van der Waals surface area (Å²) in [6.07, 6.45) is 3.21. The Kier molecular flexibility index (Phi) is 10.2. The van der Waals surface area contributed by atoms with E-state index in [1.807, 2.05) is 6.07 Å². The topological polar surface area (TPSA) is 87.4 Å². The molecule has 0 aliphatic carbocycles. The second-order valence-corrected chi connectivity index (χ2v) is 3.63. The Balaban J connectivity index is 3.40. The summed E-state index contributed by atoms with van der Waals surface area (Å²) in [6.45, 7) is 0.0549. The van der Waals surface area contributed by atoms with Crippen LogP contribution in [0, 0.1) is 23.2 Å². The number of carboxylic acids is 1. The number of nitriles is 1. The predicted molar refractivity (Wildman–Crippen MR) is 64.3 cm³/mol. The average molecular weight is 251 g/mol. The third-order valence-corrected chi connectivity index (χ3v) is 2.06. The van der Waals surface area contributed by atoms with Gasteiger partial charge in [0.1, 0.15) is 0 Å². The molecule has 0 saturated carbocycles. The summed E-state index contributed by atoms with van der Waals surface area (Å²) in [6, 6.07) is 1.96. The normalized spacial score (nSPS) is 8.83. The van der Waals surface area contributed by atoms with E-state index >= 15 is 0 Å². The fourth-order valence-electron chi connectivity index (χ4n) is 1.17. The van der Waals surface area contributed by atoms with Crippen LogP contribution in [0.3, 0.4) is 0 Å². The Morgan fingerprint density at radius 1 is 1.06 bits per heavy atom. The summed E-state index contributed by atoms with van der Waals surface area (Å²) < 4.78 is 4.84. The largest absolute Gasteiger partial charge is 0.481 e. The maximum atomic E-state index is 11.2. The van der Waals surface area contributed by atoms with Crippen molar-refractivity contribution in [2.24, 2.45) is 0 Å². The first-order chi connectivity index (χ1) is 8.66. The SMILES string of the molecule is N#CCCC#CCOC(=O)CCCCCC(=O)O. The highest BCUT2D eigenvalue weighted by Gasteiger charge is 2.02. The van der Waals surface area contributed by atoms with Crippen molar-refractivity contribution in [2.75, 3.05) is 6.61 Å². The maximum absolute atomic E-state index is 11.2. The molecule has 5 nitrogen and oxygen atoms in total. The van der Waals surface area contributed by atoms with E-state index in [0.29, 0.717) is 38.5 Å². The minimum absolute atomic E-state index is 0.0549. The number of hydrogen-bond acceptors (Lipinski definition) is 4. The number of carboxylic acid groups (broad SMARTS) is 1. The summed E-state index contributed by atoms with van der Waals surface area (Å²) in [5.41, 5.74) is 0. The molecule has 0 fully saturated rings. The van der Waals surface area contributed by atoms with Crippen LogP contribution in [0.15, 0.2) is 0 Å². The fourth-order valence-corrected chi connectivity index (χ4v) is 1.17. The molecule has 0 saturated heterocycles. The van der Waals surface area contributed by atoms with Gasteiger partial charge < -0.3 is 9.84 Å². The molecule has 0 aliphatic rings. The van der Waals surface area contributed by atoms with E-state index in [4.69, 9.17) is 15.1 Å². The van der Waals surface area contributed by atoms with Gasteiger partial charge in [0.25, 0.3) is 0 Å². The summed E-state index contributed by atoms with van der Waals surface area (Å²) in [5, 5.41) is 16.6. The minimum Gasteiger partial charge on any atom is -0.481 e. The van der Waals surface area contributed by atoms with Gasteiger partial charge in [-0.1, -0.05) is 18.3 Å². The molecule has 0 atom stereocenters. The van der Waals surface area contributed by atoms with Gasteiger partial charge in [0.15, 0.2) is 6.61 Å². The maximum Gasteiger partial charge on any atom is 0.306 e. The van der Waals surface area contributed by atoms with Crippen LogP contribution in [0.25, 0.3) is 0 Å². The van der Waals surface area contributed by atoms with Crippen LogP contribution < -0.4 is 0 Å². The van der Waals surface area contributed by atoms with Gasteiger partial charge in [0.2, 0.25) is 0 Å². The van der Waals surface area contributed by atoms with Crippen molar-refractivity contribution in [3.05, 3.63) is 0 Å². The van der Waals surface area contributed by atoms with E-state index in [1.54, 1.807) is 0 Å². The smallest absolute Gasteiger partial charge is 0.306 e. The van der Waals surface area contributed by atoms with Gasteiger partial charge in [-0.2, -0.15) is 5.26 Å². The Morgan fingerprint density at radius 2 is 1.78 bits per heavy atom. The molecule has 0 rings (SSSR count). The van der Waals surface area contributed by atoms with Crippen molar-refractivity contribution in [1.82, 2.24) is 0 Å². The molecule has 5 heteroatoms. The van der Waals surface area contributed by atoms with Crippen molar-refractivity contribution < 1.29 is 19.4 Å². The minimum atomic E-state index is -0.815. The molecule has 0 aromatic carbocycles. The molecule has 0 radical (unpaired) electrons. The second kappa shape index (κ2) is 11.5. The van der Waals surface area contributed by atoms with E-state index in [2.05, 4.69) is 11.8 Å². The van der Waals surface area contributed by atoms with Crippen LogP contribution in [0.4, 0.5) is 0 Å². The monoisotopic (exact) mass is 251 g/mol. The number of carbonyl (C=O) groups is 2. The number of esters is 1. The number of nitrogens with zero attached hydrogens (tertiary/aromatic N) is 1. The Labute approximate surface area is 107 Å². The molecule has 0 amide bonds. The fraction of sp³-hybridized carbons (Fsp3) is 0.615. The molecule has 98 valence electrons. The lowest BCUT2D eigenvalue weighted by atomic mass is 10.1. The third kappa shape index (κ3) is 12.1. The van der Waals surface area contributed by atoms with Gasteiger partial charge in [0, 0.05) is 25.7 Å². The second-order valence-electron chi connectivity index (χ2n) is 3.63. The number of aliphatic carboxylic acids is 1. The Morgan fingerprint density at radius 3 is 2.44 bits per heavy atom. The molecule has 0 heterocycles. The summed E-state index contributed by atoms with van der Waals surface area (Å²) in [7, 11) is 0. The van der Waals surface area contributed by atoms with E-state index in [1.165, 1.54) is 0 Å². The van der Waals surface area contributed by atoms with E-state index in [0.717, 1.165) is 0 Å². The van der Waals surface area contributed by atoms with Crippen molar-refractivity contribution in [2.45, 2.75) is 44.9 Å². The zero-order valence-corrected chi connectivity index (χ0v) is 10.3. The first-order valence-electron chi connectivity index (χ1n) is 5.87. The lowest BCUT2D eigenvalue weighted by Gasteiger charge is -2.00. The van der Waals surface area contributed by atoms with Gasteiger partial charge in [-0.3, -0.25) is 9.59 Å². The lowest BCUT2D eigenvalue weighted by molar-refractivity contribution is -0.142. The molecule has 18 heavy (non-hydrogen) atoms. The standard InChI is InChI=1S/C13H17NO4/c14-10-6-1-2-7-11-18-13(17)9-5-3-4-8-12(15)16/h1,3-6,8-9,11H2,(H,15,16). The zero-order valence-electron chi connectivity index (χ0n) is 10.3. The van der Waals surface area contributed by atoms with Crippen LogP contribution >= 0.6 is 0 Å². The van der Waals surface area contributed by atoms with Crippen molar-refractivity contribution >= 4 is 11.9 Å². The molecular formula is C13H17NO4. The highest BCUT2D eigenvalue weighted by Crippen LogP contribution is 2.03. The van der Waals surface area contributed by atoms with Gasteiger partial charge in [-0.05, 0) is 12.8 Å². The summed E-state index contributed by atoms with van der Waals surface area (Å²) in [4.78, 5) is 21.4. The van der Waals surface area contributed by atoms with Crippen LogP contribution in [-0.4, -0.2) is 23.7 Å². The molecule has 0 aliphatic heterocycles. The van der Waals surface area contributed by atoms with Gasteiger partial charge >= 0.3 is 11.9 Å². The molecule has 0 spiro atoms. The van der Waals surface area contributed by atoms with Crippen molar-refractivity contribution in [3.63, 3.8) is 0 Å². The van der Waals surface area contributed by atoms with Crippen LogP contribution in [0.1, 0.15) is 44.9 Å². The highest BCUT2D eigenvalue weighted by atomic mass is 16.5.